The fourth-order valence-electron chi connectivity index (χ4n) is 2.32. The minimum Gasteiger partial charge on any atom is -0.228 e. The summed E-state index contributed by atoms with van der Waals surface area (Å²) in [6, 6.07) is 10.2. The Labute approximate surface area is 124 Å². The fraction of sp³-hybridized carbons (Fsp3) is 0.500. The molecule has 1 aliphatic rings. The van der Waals surface area contributed by atoms with E-state index >= 15 is 0 Å². The third kappa shape index (κ3) is 3.87. The van der Waals surface area contributed by atoms with Crippen molar-refractivity contribution in [3.05, 3.63) is 41.7 Å². The number of tetrazole rings is 1. The van der Waals surface area contributed by atoms with Crippen LogP contribution in [-0.4, -0.2) is 34.4 Å². The summed E-state index contributed by atoms with van der Waals surface area (Å²) in [5.41, 5.74) is 1.16. The summed E-state index contributed by atoms with van der Waals surface area (Å²) in [5.74, 6) is 0.572. The summed E-state index contributed by atoms with van der Waals surface area (Å²) in [6.07, 6.45) is 3.46. The monoisotopic (exact) mass is 306 g/mol. The first kappa shape index (κ1) is 14.2. The Morgan fingerprint density at radius 1 is 1.19 bits per heavy atom. The van der Waals surface area contributed by atoms with Gasteiger partial charge >= 0.3 is 0 Å². The van der Waals surface area contributed by atoms with Gasteiger partial charge in [-0.2, -0.15) is 0 Å². The van der Waals surface area contributed by atoms with Crippen LogP contribution < -0.4 is 0 Å². The molecule has 2 aromatic rings. The Kier molecular flexibility index (Phi) is 4.01. The van der Waals surface area contributed by atoms with E-state index in [0.29, 0.717) is 18.3 Å². The maximum Gasteiger partial charge on any atom is 0.166 e. The van der Waals surface area contributed by atoms with Crippen LogP contribution in [-0.2, 0) is 22.0 Å². The summed E-state index contributed by atoms with van der Waals surface area (Å²) in [4.78, 5) is 0. The zero-order valence-corrected chi connectivity index (χ0v) is 12.5. The molecular formula is C14H18N4O2S. The number of sulfone groups is 1. The number of rotatable bonds is 7. The van der Waals surface area contributed by atoms with Crippen molar-refractivity contribution in [2.24, 2.45) is 0 Å². The van der Waals surface area contributed by atoms with E-state index in [-0.39, 0.29) is 11.5 Å². The second kappa shape index (κ2) is 5.93. The standard InChI is InChI=1S/C14H18N4O2S/c19-21(20,10-4-7-12-5-2-1-3-6-12)11-14-15-16-17-18(14)13-8-9-13/h1-3,5-6,13H,4,7-11H2. The Hall–Kier alpha value is -1.76. The van der Waals surface area contributed by atoms with Gasteiger partial charge in [-0.25, -0.2) is 13.1 Å². The molecule has 0 spiro atoms. The lowest BCUT2D eigenvalue weighted by Gasteiger charge is -2.05. The molecule has 0 amide bonds. The maximum atomic E-state index is 12.2. The number of aryl methyl sites for hydroxylation is 1. The van der Waals surface area contributed by atoms with E-state index in [1.54, 1.807) is 4.68 Å². The summed E-state index contributed by atoms with van der Waals surface area (Å²) in [5, 5.41) is 11.3. The average molecular weight is 306 g/mol. The molecule has 1 saturated carbocycles. The molecule has 0 N–H and O–H groups in total. The van der Waals surface area contributed by atoms with Gasteiger partial charge in [-0.15, -0.1) is 5.10 Å². The largest absolute Gasteiger partial charge is 0.228 e. The van der Waals surface area contributed by atoms with Crippen molar-refractivity contribution in [1.82, 2.24) is 20.2 Å². The third-order valence-electron chi connectivity index (χ3n) is 3.57. The minimum absolute atomic E-state index is 0.0642. The van der Waals surface area contributed by atoms with Crippen molar-refractivity contribution in [2.45, 2.75) is 37.5 Å². The maximum absolute atomic E-state index is 12.2. The second-order valence-corrected chi connectivity index (χ2v) is 7.64. The zero-order chi connectivity index (χ0) is 14.7. The van der Waals surface area contributed by atoms with Crippen molar-refractivity contribution in [2.75, 3.05) is 5.75 Å². The van der Waals surface area contributed by atoms with Crippen LogP contribution in [0.4, 0.5) is 0 Å². The van der Waals surface area contributed by atoms with E-state index in [1.807, 2.05) is 30.3 Å². The second-order valence-electron chi connectivity index (χ2n) is 5.45. The topological polar surface area (TPSA) is 77.7 Å². The Balaban J connectivity index is 1.55. The first-order valence-electron chi connectivity index (χ1n) is 7.15. The van der Waals surface area contributed by atoms with Crippen LogP contribution in [0.3, 0.4) is 0 Å². The van der Waals surface area contributed by atoms with E-state index in [4.69, 9.17) is 0 Å². The van der Waals surface area contributed by atoms with Gasteiger partial charge in [-0.1, -0.05) is 30.3 Å². The van der Waals surface area contributed by atoms with E-state index < -0.39 is 9.84 Å². The molecule has 21 heavy (non-hydrogen) atoms. The molecule has 0 bridgehead atoms. The molecule has 1 heterocycles. The highest BCUT2D eigenvalue weighted by Crippen LogP contribution is 2.34. The van der Waals surface area contributed by atoms with Crippen molar-refractivity contribution >= 4 is 9.84 Å². The van der Waals surface area contributed by atoms with E-state index in [2.05, 4.69) is 15.5 Å². The molecule has 0 radical (unpaired) electrons. The van der Waals surface area contributed by atoms with Gasteiger partial charge in [-0.05, 0) is 41.7 Å². The number of nitrogens with zero attached hydrogens (tertiary/aromatic N) is 4. The molecule has 0 atom stereocenters. The zero-order valence-electron chi connectivity index (χ0n) is 11.7. The number of hydrogen-bond donors (Lipinski definition) is 0. The van der Waals surface area contributed by atoms with Crippen LogP contribution in [0, 0.1) is 0 Å². The van der Waals surface area contributed by atoms with E-state index in [1.165, 1.54) is 0 Å². The van der Waals surface area contributed by atoms with Gasteiger partial charge < -0.3 is 0 Å². The summed E-state index contributed by atoms with van der Waals surface area (Å²) in [6.45, 7) is 0. The van der Waals surface area contributed by atoms with Gasteiger partial charge in [-0.3, -0.25) is 0 Å². The molecule has 0 saturated heterocycles. The molecule has 112 valence electrons. The highest BCUT2D eigenvalue weighted by atomic mass is 32.2. The first-order chi connectivity index (χ1) is 10.1. The van der Waals surface area contributed by atoms with Gasteiger partial charge in [0.05, 0.1) is 11.8 Å². The quantitative estimate of drug-likeness (QED) is 0.775. The van der Waals surface area contributed by atoms with Crippen LogP contribution >= 0.6 is 0 Å². The first-order valence-corrected chi connectivity index (χ1v) is 8.97. The minimum atomic E-state index is -3.17. The molecular weight excluding hydrogens is 288 g/mol. The predicted octanol–water partition coefficient (Wildman–Crippen LogP) is 1.56. The van der Waals surface area contributed by atoms with Crippen molar-refractivity contribution in [1.29, 1.82) is 0 Å². The fourth-order valence-corrected chi connectivity index (χ4v) is 3.63. The third-order valence-corrected chi connectivity index (χ3v) is 5.18. The number of hydrogen-bond acceptors (Lipinski definition) is 5. The molecule has 7 heteroatoms. The molecule has 1 aliphatic carbocycles. The molecule has 1 aromatic carbocycles. The average Bonchev–Trinajstić information content (AvgIpc) is 3.20. The Bertz CT molecular complexity index is 693. The van der Waals surface area contributed by atoms with Crippen LogP contribution in [0.1, 0.15) is 36.7 Å². The van der Waals surface area contributed by atoms with Crippen LogP contribution in [0.5, 0.6) is 0 Å². The smallest absolute Gasteiger partial charge is 0.166 e. The van der Waals surface area contributed by atoms with Crippen LogP contribution in [0.2, 0.25) is 0 Å². The number of benzene rings is 1. The van der Waals surface area contributed by atoms with Crippen molar-refractivity contribution in [3.8, 4) is 0 Å². The van der Waals surface area contributed by atoms with Crippen LogP contribution in [0.15, 0.2) is 30.3 Å². The van der Waals surface area contributed by atoms with E-state index in [0.717, 1.165) is 24.8 Å². The van der Waals surface area contributed by atoms with Crippen molar-refractivity contribution in [3.63, 3.8) is 0 Å². The predicted molar refractivity (Wildman–Crippen MR) is 78.3 cm³/mol. The van der Waals surface area contributed by atoms with Gasteiger partial charge in [0.2, 0.25) is 0 Å². The Morgan fingerprint density at radius 2 is 1.95 bits per heavy atom. The van der Waals surface area contributed by atoms with Gasteiger partial charge in [0.1, 0.15) is 5.75 Å². The molecule has 1 aromatic heterocycles. The molecule has 0 unspecified atom stereocenters. The molecule has 6 nitrogen and oxygen atoms in total. The molecule has 1 fully saturated rings. The lowest BCUT2D eigenvalue weighted by Crippen LogP contribution is -2.14. The lowest BCUT2D eigenvalue weighted by atomic mass is 10.1. The number of aromatic nitrogens is 4. The summed E-state index contributed by atoms with van der Waals surface area (Å²) >= 11 is 0. The van der Waals surface area contributed by atoms with E-state index in [9.17, 15) is 8.42 Å². The molecule has 0 aliphatic heterocycles. The normalized spacial score (nSPS) is 15.2. The van der Waals surface area contributed by atoms with Gasteiger partial charge in [0, 0.05) is 0 Å². The Morgan fingerprint density at radius 3 is 2.67 bits per heavy atom. The van der Waals surface area contributed by atoms with Crippen molar-refractivity contribution < 1.29 is 8.42 Å². The highest BCUT2D eigenvalue weighted by molar-refractivity contribution is 7.90. The van der Waals surface area contributed by atoms with Gasteiger partial charge in [0.15, 0.2) is 15.7 Å². The molecule has 3 rings (SSSR count). The summed E-state index contributed by atoms with van der Waals surface area (Å²) < 4.78 is 26.0. The lowest BCUT2D eigenvalue weighted by molar-refractivity contribution is 0.573. The van der Waals surface area contributed by atoms with Crippen LogP contribution in [0.25, 0.3) is 0 Å². The highest BCUT2D eigenvalue weighted by Gasteiger charge is 2.29. The summed E-state index contributed by atoms with van der Waals surface area (Å²) in [7, 11) is -3.17. The SMILES string of the molecule is O=S(=O)(CCCc1ccccc1)Cc1nnnn1C1CC1. The van der Waals surface area contributed by atoms with Gasteiger partial charge in [0.25, 0.3) is 0 Å².